The first-order valence-corrected chi connectivity index (χ1v) is 14.2. The van der Waals surface area contributed by atoms with E-state index in [9.17, 15) is 4.79 Å². The average molecular weight is 525 g/mol. The highest BCUT2D eigenvalue weighted by molar-refractivity contribution is 7.97. The highest BCUT2D eigenvalue weighted by atomic mass is 32.2. The fourth-order valence-electron chi connectivity index (χ4n) is 5.00. The second-order valence-corrected chi connectivity index (χ2v) is 12.2. The molecule has 1 aliphatic heterocycles. The first-order chi connectivity index (χ1) is 18.3. The lowest BCUT2D eigenvalue weighted by molar-refractivity contribution is -0.156. The van der Waals surface area contributed by atoms with Gasteiger partial charge in [0.05, 0.1) is 22.6 Å². The Morgan fingerprint density at radius 2 is 1.45 bits per heavy atom. The molecule has 0 saturated carbocycles. The van der Waals surface area contributed by atoms with E-state index in [-0.39, 0.29) is 29.5 Å². The first kappa shape index (κ1) is 25.9. The Kier molecular flexibility index (Phi) is 7.48. The number of benzene rings is 3. The third-order valence-corrected chi connectivity index (χ3v) is 9.03. The summed E-state index contributed by atoms with van der Waals surface area (Å²) in [4.78, 5) is 16.6. The minimum Gasteiger partial charge on any atom is -0.481 e. The zero-order valence-corrected chi connectivity index (χ0v) is 23.1. The highest BCUT2D eigenvalue weighted by Gasteiger charge is 2.36. The van der Waals surface area contributed by atoms with Crippen molar-refractivity contribution in [1.82, 2.24) is 5.32 Å². The van der Waals surface area contributed by atoms with E-state index < -0.39 is 11.6 Å². The monoisotopic (exact) mass is 524 g/mol. The smallest absolute Gasteiger partial charge is 0.345 e. The summed E-state index contributed by atoms with van der Waals surface area (Å²) in [5.41, 5.74) is 2.15. The molecule has 38 heavy (non-hydrogen) atoms. The zero-order valence-electron chi connectivity index (χ0n) is 22.3. The molecule has 2 aliphatic rings. The SMILES string of the molecule is Cc1cc([S+](c2ccccc2)c2ccccc2)cc(C)c1OCC(=O)OC(C)(C)C1=CC2C=CC=CC2N1. The summed E-state index contributed by atoms with van der Waals surface area (Å²) in [5.74, 6) is 0.617. The molecule has 0 bridgehead atoms. The highest BCUT2D eigenvalue weighted by Crippen LogP contribution is 2.36. The van der Waals surface area contributed by atoms with Crippen LogP contribution in [0.15, 0.2) is 124 Å². The van der Waals surface area contributed by atoms with Crippen LogP contribution < -0.4 is 10.1 Å². The van der Waals surface area contributed by atoms with Gasteiger partial charge in [0.25, 0.3) is 0 Å². The maximum absolute atomic E-state index is 12.8. The molecule has 3 aromatic rings. The summed E-state index contributed by atoms with van der Waals surface area (Å²) in [6, 6.07) is 25.7. The minimum absolute atomic E-state index is 0.145. The number of allylic oxidation sites excluding steroid dienone is 2. The van der Waals surface area contributed by atoms with Gasteiger partial charge in [-0.3, -0.25) is 0 Å². The predicted octanol–water partition coefficient (Wildman–Crippen LogP) is 6.70. The molecule has 4 nitrogen and oxygen atoms in total. The molecule has 1 heterocycles. The van der Waals surface area contributed by atoms with Crippen LogP contribution in [-0.2, 0) is 20.4 Å². The average Bonchev–Trinajstić information content (AvgIpc) is 3.35. The molecular weight excluding hydrogens is 490 g/mol. The number of ether oxygens (including phenoxy) is 2. The Labute approximate surface area is 228 Å². The fraction of sp³-hybridized carbons (Fsp3) is 0.242. The van der Waals surface area contributed by atoms with E-state index in [2.05, 4.69) is 84.2 Å². The first-order valence-electron chi connectivity index (χ1n) is 13.0. The zero-order chi connectivity index (χ0) is 26.7. The molecule has 194 valence electrons. The minimum atomic E-state index is -0.771. The van der Waals surface area contributed by atoms with Gasteiger partial charge in [-0.15, -0.1) is 0 Å². The van der Waals surface area contributed by atoms with Crippen molar-refractivity contribution in [2.24, 2.45) is 5.92 Å². The number of carbonyl (C=O) groups excluding carboxylic acids is 1. The molecule has 0 aromatic heterocycles. The Balaban J connectivity index is 1.30. The van der Waals surface area contributed by atoms with Gasteiger partial charge in [-0.05, 0) is 63.1 Å². The molecule has 1 N–H and O–H groups in total. The van der Waals surface area contributed by atoms with E-state index in [1.165, 1.54) is 14.7 Å². The van der Waals surface area contributed by atoms with E-state index >= 15 is 0 Å². The van der Waals surface area contributed by atoms with Crippen LogP contribution in [0.5, 0.6) is 5.75 Å². The molecule has 5 rings (SSSR count). The molecule has 0 spiro atoms. The fourth-order valence-corrected chi connectivity index (χ4v) is 7.26. The van der Waals surface area contributed by atoms with Crippen LogP contribution in [-0.4, -0.2) is 24.2 Å². The van der Waals surface area contributed by atoms with Crippen LogP contribution >= 0.6 is 0 Å². The lowest BCUT2D eigenvalue weighted by atomic mass is 9.97. The Bertz CT molecular complexity index is 1330. The third-order valence-electron chi connectivity index (χ3n) is 6.84. The molecule has 0 saturated heterocycles. The lowest BCUT2D eigenvalue weighted by Gasteiger charge is -2.28. The number of aryl methyl sites for hydroxylation is 2. The van der Waals surface area contributed by atoms with E-state index in [0.717, 1.165) is 22.6 Å². The summed E-state index contributed by atoms with van der Waals surface area (Å²) in [6.07, 6.45) is 10.5. The molecule has 0 radical (unpaired) electrons. The van der Waals surface area contributed by atoms with Crippen molar-refractivity contribution in [1.29, 1.82) is 0 Å². The van der Waals surface area contributed by atoms with Gasteiger partial charge in [-0.2, -0.15) is 0 Å². The van der Waals surface area contributed by atoms with Gasteiger partial charge >= 0.3 is 5.97 Å². The second-order valence-electron chi connectivity index (χ2n) is 10.2. The third kappa shape index (κ3) is 5.58. The topological polar surface area (TPSA) is 47.6 Å². The largest absolute Gasteiger partial charge is 0.481 e. The molecule has 3 aromatic carbocycles. The van der Waals surface area contributed by atoms with E-state index in [1.54, 1.807) is 0 Å². The molecule has 2 unspecified atom stereocenters. The van der Waals surface area contributed by atoms with Crippen LogP contribution in [0.3, 0.4) is 0 Å². The molecule has 2 atom stereocenters. The summed E-state index contributed by atoms with van der Waals surface area (Å²) in [6.45, 7) is 7.75. The van der Waals surface area contributed by atoms with Gasteiger partial charge in [0.1, 0.15) is 11.4 Å². The van der Waals surface area contributed by atoms with E-state index in [0.29, 0.717) is 0 Å². The van der Waals surface area contributed by atoms with Crippen molar-refractivity contribution in [2.45, 2.75) is 54.0 Å². The number of hydrogen-bond donors (Lipinski definition) is 1. The molecule has 0 amide bonds. The van der Waals surface area contributed by atoms with Crippen LogP contribution in [0.1, 0.15) is 25.0 Å². The van der Waals surface area contributed by atoms with Gasteiger partial charge in [0.2, 0.25) is 0 Å². The lowest BCUT2D eigenvalue weighted by Crippen LogP contribution is -2.39. The normalized spacial score (nSPS) is 18.1. The predicted molar refractivity (Wildman–Crippen MR) is 153 cm³/mol. The maximum atomic E-state index is 12.8. The van der Waals surface area contributed by atoms with E-state index in [1.807, 2.05) is 52.0 Å². The van der Waals surface area contributed by atoms with Crippen LogP contribution in [0, 0.1) is 19.8 Å². The van der Waals surface area contributed by atoms with Gasteiger partial charge in [-0.1, -0.05) is 66.8 Å². The summed E-state index contributed by atoms with van der Waals surface area (Å²) in [5, 5.41) is 3.48. The van der Waals surface area contributed by atoms with Crippen LogP contribution in [0.2, 0.25) is 0 Å². The molecular formula is C33H34NO3S+. The van der Waals surface area contributed by atoms with Gasteiger partial charge in [-0.25, -0.2) is 4.79 Å². The Morgan fingerprint density at radius 3 is 2.03 bits per heavy atom. The van der Waals surface area contributed by atoms with Crippen molar-refractivity contribution in [3.05, 3.63) is 120 Å². The van der Waals surface area contributed by atoms with Crippen molar-refractivity contribution in [2.75, 3.05) is 6.61 Å². The number of hydrogen-bond acceptors (Lipinski definition) is 4. The number of esters is 1. The second kappa shape index (κ2) is 11.0. The van der Waals surface area contributed by atoms with Crippen molar-refractivity contribution >= 4 is 16.9 Å². The van der Waals surface area contributed by atoms with E-state index in [4.69, 9.17) is 9.47 Å². The maximum Gasteiger partial charge on any atom is 0.345 e. The Hall–Kier alpha value is -3.70. The van der Waals surface area contributed by atoms with Crippen molar-refractivity contribution in [3.63, 3.8) is 0 Å². The number of fused-ring (bicyclic) bond motifs is 1. The summed E-state index contributed by atoms with van der Waals surface area (Å²) < 4.78 is 11.9. The number of nitrogens with one attached hydrogen (secondary N) is 1. The molecule has 5 heteroatoms. The van der Waals surface area contributed by atoms with Crippen molar-refractivity contribution in [3.8, 4) is 5.75 Å². The quantitative estimate of drug-likeness (QED) is 0.263. The molecule has 0 fully saturated rings. The van der Waals surface area contributed by atoms with Gasteiger partial charge in [0.15, 0.2) is 21.3 Å². The van der Waals surface area contributed by atoms with Crippen LogP contribution in [0.25, 0.3) is 0 Å². The summed E-state index contributed by atoms with van der Waals surface area (Å²) in [7, 11) is -0.244. The standard InChI is InChI=1S/C33H34NO3S/c1-23-19-28(38(26-14-7-5-8-15-26)27-16-9-6-10-17-27)20-24(2)32(23)36-22-31(35)37-33(3,4)30-21-25-13-11-12-18-29(25)34-30/h5-21,25,29,34H,22H2,1-4H3/q+1. The Morgan fingerprint density at radius 1 is 0.868 bits per heavy atom. The number of rotatable bonds is 8. The number of carbonyl (C=O) groups is 1. The molecule has 1 aliphatic carbocycles. The van der Waals surface area contributed by atoms with Crippen LogP contribution in [0.4, 0.5) is 0 Å². The van der Waals surface area contributed by atoms with Gasteiger partial charge in [0, 0.05) is 18.1 Å². The van der Waals surface area contributed by atoms with Crippen molar-refractivity contribution < 1.29 is 14.3 Å². The summed E-state index contributed by atoms with van der Waals surface area (Å²) >= 11 is 0. The van der Waals surface area contributed by atoms with Gasteiger partial charge < -0.3 is 14.8 Å².